The van der Waals surface area contributed by atoms with Crippen molar-refractivity contribution in [3.05, 3.63) is 53.6 Å². The van der Waals surface area contributed by atoms with Crippen molar-refractivity contribution in [1.29, 1.82) is 0 Å². The van der Waals surface area contributed by atoms with Crippen LogP contribution in [0, 0.1) is 0 Å². The number of nitrogens with one attached hydrogen (secondary N) is 1. The number of hydrogen-bond donors (Lipinski definition) is 3. The van der Waals surface area contributed by atoms with Crippen molar-refractivity contribution in [3.8, 4) is 11.5 Å². The molecule has 1 atom stereocenters. The van der Waals surface area contributed by atoms with Gasteiger partial charge in [0.1, 0.15) is 5.75 Å². The van der Waals surface area contributed by atoms with Crippen molar-refractivity contribution < 1.29 is 14.9 Å². The summed E-state index contributed by atoms with van der Waals surface area (Å²) in [5, 5.41) is 21.8. The zero-order valence-electron chi connectivity index (χ0n) is 10.8. The van der Waals surface area contributed by atoms with Crippen LogP contribution < -0.4 is 10.1 Å². The molecule has 4 nitrogen and oxygen atoms in total. The second-order valence-corrected chi connectivity index (χ2v) is 4.71. The summed E-state index contributed by atoms with van der Waals surface area (Å²) in [6.07, 6.45) is -0.811. The van der Waals surface area contributed by atoms with Crippen molar-refractivity contribution >= 4 is 17.3 Å². The predicted molar refractivity (Wildman–Crippen MR) is 79.6 cm³/mol. The van der Waals surface area contributed by atoms with Crippen LogP contribution in [0.1, 0.15) is 0 Å². The molecule has 0 aliphatic heterocycles. The molecular weight excluding hydrogens is 278 g/mol. The smallest absolute Gasteiger partial charge is 0.150 e. The monoisotopic (exact) mass is 293 g/mol. The van der Waals surface area contributed by atoms with E-state index in [0.717, 1.165) is 5.69 Å². The van der Waals surface area contributed by atoms with E-state index in [1.807, 2.05) is 36.4 Å². The van der Waals surface area contributed by atoms with Gasteiger partial charge in [-0.15, -0.1) is 0 Å². The molecule has 0 amide bonds. The highest BCUT2D eigenvalue weighted by Crippen LogP contribution is 2.30. The summed E-state index contributed by atoms with van der Waals surface area (Å²) in [6.45, 7) is -0.0449. The third-order valence-electron chi connectivity index (χ3n) is 2.65. The molecule has 0 aliphatic carbocycles. The van der Waals surface area contributed by atoms with E-state index < -0.39 is 6.10 Å². The number of rotatable bonds is 6. The van der Waals surface area contributed by atoms with Crippen LogP contribution >= 0.6 is 11.6 Å². The van der Waals surface area contributed by atoms with Crippen molar-refractivity contribution in [2.24, 2.45) is 0 Å². The van der Waals surface area contributed by atoms with Gasteiger partial charge >= 0.3 is 0 Å². The van der Waals surface area contributed by atoms with E-state index in [2.05, 4.69) is 5.32 Å². The molecule has 0 saturated heterocycles. The highest BCUT2D eigenvalue weighted by molar-refractivity contribution is 6.30. The van der Waals surface area contributed by atoms with Gasteiger partial charge in [0, 0.05) is 11.6 Å². The van der Waals surface area contributed by atoms with E-state index in [0.29, 0.717) is 16.5 Å². The normalized spacial score (nSPS) is 11.9. The van der Waals surface area contributed by atoms with Crippen LogP contribution in [0.2, 0.25) is 5.02 Å². The van der Waals surface area contributed by atoms with Gasteiger partial charge in [-0.3, -0.25) is 0 Å². The van der Waals surface area contributed by atoms with E-state index in [9.17, 15) is 5.11 Å². The average Bonchev–Trinajstić information content (AvgIpc) is 2.46. The van der Waals surface area contributed by atoms with E-state index in [1.165, 1.54) is 0 Å². The molecule has 0 spiro atoms. The lowest BCUT2D eigenvalue weighted by molar-refractivity contribution is 0.105. The number of halogens is 1. The Hall–Kier alpha value is -1.75. The number of aliphatic hydroxyl groups excluding tert-OH is 2. The first-order valence-electron chi connectivity index (χ1n) is 6.24. The van der Waals surface area contributed by atoms with E-state index >= 15 is 0 Å². The van der Waals surface area contributed by atoms with Gasteiger partial charge in [0.05, 0.1) is 18.4 Å². The topological polar surface area (TPSA) is 61.7 Å². The summed E-state index contributed by atoms with van der Waals surface area (Å²) < 4.78 is 5.77. The lowest BCUT2D eigenvalue weighted by Crippen LogP contribution is -2.23. The zero-order valence-corrected chi connectivity index (χ0v) is 11.5. The van der Waals surface area contributed by atoms with Gasteiger partial charge in [0.25, 0.3) is 0 Å². The van der Waals surface area contributed by atoms with Crippen LogP contribution in [0.4, 0.5) is 5.69 Å². The molecule has 0 bridgehead atoms. The number of benzene rings is 2. The Morgan fingerprint density at radius 2 is 1.95 bits per heavy atom. The molecule has 0 heterocycles. The average molecular weight is 294 g/mol. The molecule has 3 N–H and O–H groups in total. The Labute approximate surface area is 122 Å². The van der Waals surface area contributed by atoms with Crippen LogP contribution in [-0.2, 0) is 0 Å². The molecule has 0 aromatic heterocycles. The quantitative estimate of drug-likeness (QED) is 0.766. The summed E-state index contributed by atoms with van der Waals surface area (Å²) in [5.41, 5.74) is 0.736. The minimum Gasteiger partial charge on any atom is -0.455 e. The molecule has 20 heavy (non-hydrogen) atoms. The van der Waals surface area contributed by atoms with Crippen molar-refractivity contribution in [1.82, 2.24) is 0 Å². The first-order chi connectivity index (χ1) is 9.69. The number of ether oxygens (including phenoxy) is 1. The molecule has 0 saturated carbocycles. The molecule has 2 rings (SSSR count). The van der Waals surface area contributed by atoms with Gasteiger partial charge < -0.3 is 20.3 Å². The van der Waals surface area contributed by atoms with Gasteiger partial charge in [0.2, 0.25) is 0 Å². The van der Waals surface area contributed by atoms with Crippen LogP contribution in [0.25, 0.3) is 0 Å². The van der Waals surface area contributed by atoms with Crippen LogP contribution in [0.5, 0.6) is 11.5 Å². The van der Waals surface area contributed by atoms with Gasteiger partial charge in [0.15, 0.2) is 5.75 Å². The van der Waals surface area contributed by atoms with E-state index in [4.69, 9.17) is 21.4 Å². The molecule has 5 heteroatoms. The second kappa shape index (κ2) is 7.14. The minimum absolute atomic E-state index is 0.242. The fourth-order valence-electron chi connectivity index (χ4n) is 1.65. The van der Waals surface area contributed by atoms with Crippen LogP contribution in [-0.4, -0.2) is 29.5 Å². The summed E-state index contributed by atoms with van der Waals surface area (Å²) in [4.78, 5) is 0. The predicted octanol–water partition coefficient (Wildman–Crippen LogP) is 2.90. The maximum atomic E-state index is 9.37. The third kappa shape index (κ3) is 4.13. The molecule has 0 radical (unpaired) electrons. The Bertz CT molecular complexity index is 562. The molecule has 0 aliphatic rings. The number of anilines is 1. The number of para-hydroxylation sites is 2. The van der Waals surface area contributed by atoms with Gasteiger partial charge in [-0.2, -0.15) is 0 Å². The van der Waals surface area contributed by atoms with Gasteiger partial charge in [-0.1, -0.05) is 29.8 Å². The lowest BCUT2D eigenvalue weighted by Gasteiger charge is -2.14. The first-order valence-corrected chi connectivity index (χ1v) is 6.62. The molecule has 2 aromatic rings. The Morgan fingerprint density at radius 1 is 1.15 bits per heavy atom. The molecule has 1 unspecified atom stereocenters. The van der Waals surface area contributed by atoms with Crippen LogP contribution in [0.15, 0.2) is 48.5 Å². The lowest BCUT2D eigenvalue weighted by atomic mass is 10.2. The zero-order chi connectivity index (χ0) is 14.4. The molecule has 2 aromatic carbocycles. The maximum Gasteiger partial charge on any atom is 0.150 e. The van der Waals surface area contributed by atoms with Crippen molar-refractivity contribution in [2.75, 3.05) is 18.5 Å². The summed E-state index contributed by atoms with van der Waals surface area (Å²) >= 11 is 5.92. The molecule has 106 valence electrons. The van der Waals surface area contributed by atoms with Gasteiger partial charge in [-0.05, 0) is 30.3 Å². The van der Waals surface area contributed by atoms with Crippen molar-refractivity contribution in [2.45, 2.75) is 6.10 Å². The summed E-state index contributed by atoms with van der Waals surface area (Å²) in [7, 11) is 0. The Balaban J connectivity index is 2.11. The largest absolute Gasteiger partial charge is 0.455 e. The van der Waals surface area contributed by atoms with Crippen molar-refractivity contribution in [3.63, 3.8) is 0 Å². The summed E-state index contributed by atoms with van der Waals surface area (Å²) in [5.74, 6) is 1.26. The number of aliphatic hydroxyl groups is 2. The van der Waals surface area contributed by atoms with Crippen LogP contribution in [0.3, 0.4) is 0 Å². The third-order valence-corrected chi connectivity index (χ3v) is 2.88. The SMILES string of the molecule is OCC(O)CNc1ccccc1Oc1cccc(Cl)c1. The fourth-order valence-corrected chi connectivity index (χ4v) is 1.83. The molecular formula is C15H16ClNO3. The second-order valence-electron chi connectivity index (χ2n) is 4.27. The first kappa shape index (κ1) is 14.7. The molecule has 0 fully saturated rings. The van der Waals surface area contributed by atoms with E-state index in [1.54, 1.807) is 12.1 Å². The van der Waals surface area contributed by atoms with Gasteiger partial charge in [-0.25, -0.2) is 0 Å². The standard InChI is InChI=1S/C15H16ClNO3/c16-11-4-3-5-13(8-11)20-15-7-2-1-6-14(15)17-9-12(19)10-18/h1-8,12,17-19H,9-10H2. The maximum absolute atomic E-state index is 9.37. The fraction of sp³-hybridized carbons (Fsp3) is 0.200. The Kier molecular flexibility index (Phi) is 5.24. The Morgan fingerprint density at radius 3 is 2.70 bits per heavy atom. The minimum atomic E-state index is -0.811. The highest BCUT2D eigenvalue weighted by Gasteiger charge is 2.07. The summed E-state index contributed by atoms with van der Waals surface area (Å²) in [6, 6.07) is 14.5. The highest BCUT2D eigenvalue weighted by atomic mass is 35.5. The van der Waals surface area contributed by atoms with E-state index in [-0.39, 0.29) is 13.2 Å². The number of hydrogen-bond acceptors (Lipinski definition) is 4.